The lowest BCUT2D eigenvalue weighted by atomic mass is 9.99. The first-order valence-corrected chi connectivity index (χ1v) is 8.10. The van der Waals surface area contributed by atoms with Gasteiger partial charge in [0.05, 0.1) is 6.04 Å². The molecule has 0 fully saturated rings. The summed E-state index contributed by atoms with van der Waals surface area (Å²) in [6.07, 6.45) is -4.50. The molecule has 0 saturated heterocycles. The first kappa shape index (κ1) is 21.2. The highest BCUT2D eigenvalue weighted by Gasteiger charge is 2.26. The Bertz CT molecular complexity index is 816. The highest BCUT2D eigenvalue weighted by Crippen LogP contribution is 2.24. The standard InChI is InChI=1S/C18H18F3N3O4/c1-24(18(27)28)14-7-6-12(9-22-14)10-2-4-11(5-3-10)15(25)13(8-19)23-17(26)16(20)21/h2-7,9,13,15-16,25H,8H2,1H3,(H,23,26)(H,27,28)/t13-,15-/m1/s1. The minimum Gasteiger partial charge on any atom is -0.465 e. The third-order valence-corrected chi connectivity index (χ3v) is 4.04. The van der Waals surface area contributed by atoms with E-state index in [1.165, 1.54) is 31.4 Å². The molecule has 3 N–H and O–H groups in total. The molecule has 0 radical (unpaired) electrons. The molecular formula is C18H18F3N3O4. The Morgan fingerprint density at radius 2 is 1.75 bits per heavy atom. The van der Waals surface area contributed by atoms with E-state index in [1.54, 1.807) is 23.5 Å². The molecule has 0 aliphatic heterocycles. The van der Waals surface area contributed by atoms with E-state index in [9.17, 15) is 27.9 Å². The fourth-order valence-corrected chi connectivity index (χ4v) is 2.41. The molecule has 150 valence electrons. The molecule has 1 aromatic carbocycles. The minimum absolute atomic E-state index is 0.233. The van der Waals surface area contributed by atoms with Gasteiger partial charge in [0.15, 0.2) is 0 Å². The van der Waals surface area contributed by atoms with E-state index >= 15 is 0 Å². The number of hydrogen-bond acceptors (Lipinski definition) is 4. The lowest BCUT2D eigenvalue weighted by molar-refractivity contribution is -0.133. The van der Waals surface area contributed by atoms with Gasteiger partial charge in [-0.2, -0.15) is 8.78 Å². The molecule has 2 rings (SSSR count). The van der Waals surface area contributed by atoms with Crippen LogP contribution in [0.25, 0.3) is 11.1 Å². The summed E-state index contributed by atoms with van der Waals surface area (Å²) in [7, 11) is 1.36. The van der Waals surface area contributed by atoms with Gasteiger partial charge in [-0.25, -0.2) is 14.2 Å². The first-order chi connectivity index (χ1) is 13.2. The van der Waals surface area contributed by atoms with E-state index in [0.717, 1.165) is 4.90 Å². The molecule has 0 unspecified atom stereocenters. The summed E-state index contributed by atoms with van der Waals surface area (Å²) in [5.41, 5.74) is 1.58. The molecule has 2 aromatic rings. The number of carbonyl (C=O) groups excluding carboxylic acids is 1. The molecule has 2 amide bonds. The van der Waals surface area contributed by atoms with E-state index in [4.69, 9.17) is 5.11 Å². The predicted molar refractivity (Wildman–Crippen MR) is 95.0 cm³/mol. The maximum absolute atomic E-state index is 13.0. The van der Waals surface area contributed by atoms with E-state index in [1.807, 2.05) is 0 Å². The number of aromatic nitrogens is 1. The number of nitrogens with zero attached hydrogens (tertiary/aromatic N) is 2. The zero-order valence-corrected chi connectivity index (χ0v) is 14.7. The second-order valence-electron chi connectivity index (χ2n) is 5.88. The highest BCUT2D eigenvalue weighted by atomic mass is 19.3. The zero-order valence-electron chi connectivity index (χ0n) is 14.7. The zero-order chi connectivity index (χ0) is 20.8. The molecular weight excluding hydrogens is 379 g/mol. The van der Waals surface area contributed by atoms with Crippen LogP contribution in [-0.2, 0) is 4.79 Å². The molecule has 1 aromatic heterocycles. The number of hydrogen-bond donors (Lipinski definition) is 3. The molecule has 7 nitrogen and oxygen atoms in total. The quantitative estimate of drug-likeness (QED) is 0.667. The van der Waals surface area contributed by atoms with Crippen LogP contribution in [0.2, 0.25) is 0 Å². The van der Waals surface area contributed by atoms with Crippen molar-refractivity contribution in [2.75, 3.05) is 18.6 Å². The van der Waals surface area contributed by atoms with Crippen molar-refractivity contribution in [1.82, 2.24) is 10.3 Å². The second-order valence-corrected chi connectivity index (χ2v) is 5.88. The predicted octanol–water partition coefficient (Wildman–Crippen LogP) is 2.62. The van der Waals surface area contributed by atoms with Gasteiger partial charge < -0.3 is 15.5 Å². The van der Waals surface area contributed by atoms with Gasteiger partial charge in [0, 0.05) is 18.8 Å². The van der Waals surface area contributed by atoms with Crippen molar-refractivity contribution in [2.24, 2.45) is 0 Å². The largest absolute Gasteiger partial charge is 0.465 e. The van der Waals surface area contributed by atoms with Crippen molar-refractivity contribution in [3.63, 3.8) is 0 Å². The van der Waals surface area contributed by atoms with Gasteiger partial charge in [-0.1, -0.05) is 24.3 Å². The van der Waals surface area contributed by atoms with E-state index < -0.39 is 37.2 Å². The summed E-state index contributed by atoms with van der Waals surface area (Å²) in [5.74, 6) is -1.42. The Balaban J connectivity index is 2.14. The number of carbonyl (C=O) groups is 2. The van der Waals surface area contributed by atoms with Gasteiger partial charge in [-0.3, -0.25) is 9.69 Å². The number of nitrogens with one attached hydrogen (secondary N) is 1. The number of aliphatic hydroxyl groups is 1. The Hall–Kier alpha value is -3.14. The van der Waals surface area contributed by atoms with Gasteiger partial charge in [-0.15, -0.1) is 0 Å². The topological polar surface area (TPSA) is 103 Å². The number of amides is 2. The number of rotatable bonds is 7. The number of aliphatic hydroxyl groups excluding tert-OH is 1. The third-order valence-electron chi connectivity index (χ3n) is 4.04. The third kappa shape index (κ3) is 4.97. The van der Waals surface area contributed by atoms with Crippen molar-refractivity contribution >= 4 is 17.8 Å². The smallest absolute Gasteiger partial charge is 0.412 e. The normalized spacial score (nSPS) is 13.1. The number of alkyl halides is 3. The molecule has 2 atom stereocenters. The Labute approximate surface area is 158 Å². The number of carboxylic acid groups (broad SMARTS) is 1. The van der Waals surface area contributed by atoms with Crippen LogP contribution in [0.4, 0.5) is 23.8 Å². The highest BCUT2D eigenvalue weighted by molar-refractivity contribution is 5.84. The maximum Gasteiger partial charge on any atom is 0.412 e. The van der Waals surface area contributed by atoms with Crippen LogP contribution in [0, 0.1) is 0 Å². The molecule has 0 spiro atoms. The lowest BCUT2D eigenvalue weighted by Gasteiger charge is -2.22. The van der Waals surface area contributed by atoms with Crippen molar-refractivity contribution in [2.45, 2.75) is 18.6 Å². The first-order valence-electron chi connectivity index (χ1n) is 8.10. The molecule has 10 heteroatoms. The van der Waals surface area contributed by atoms with E-state index in [0.29, 0.717) is 11.1 Å². The fraction of sp³-hybridized carbons (Fsp3) is 0.278. The summed E-state index contributed by atoms with van der Waals surface area (Å²) in [4.78, 5) is 26.9. The van der Waals surface area contributed by atoms with Crippen LogP contribution >= 0.6 is 0 Å². The van der Waals surface area contributed by atoms with Gasteiger partial charge in [0.25, 0.3) is 5.91 Å². The second kappa shape index (κ2) is 9.18. The molecule has 0 bridgehead atoms. The number of pyridine rings is 1. The maximum atomic E-state index is 13.0. The summed E-state index contributed by atoms with van der Waals surface area (Å²) in [6, 6.07) is 7.80. The average Bonchev–Trinajstić information content (AvgIpc) is 2.70. The van der Waals surface area contributed by atoms with E-state index in [2.05, 4.69) is 4.98 Å². The SMILES string of the molecule is CN(C(=O)O)c1ccc(-c2ccc([C@@H](O)[C@@H](CF)NC(=O)C(F)F)cc2)cn1. The molecule has 28 heavy (non-hydrogen) atoms. The van der Waals surface area contributed by atoms with Gasteiger partial charge in [0.1, 0.15) is 18.6 Å². The number of anilines is 1. The summed E-state index contributed by atoms with van der Waals surface area (Å²) < 4.78 is 37.6. The molecule has 0 saturated carbocycles. The van der Waals surface area contributed by atoms with Crippen molar-refractivity contribution in [3.05, 3.63) is 48.2 Å². The van der Waals surface area contributed by atoms with Crippen LogP contribution in [-0.4, -0.2) is 53.4 Å². The average molecular weight is 397 g/mol. The van der Waals surface area contributed by atoms with E-state index in [-0.39, 0.29) is 11.4 Å². The fourth-order valence-electron chi connectivity index (χ4n) is 2.41. The number of halogens is 3. The van der Waals surface area contributed by atoms with Crippen molar-refractivity contribution in [3.8, 4) is 11.1 Å². The molecule has 0 aliphatic carbocycles. The van der Waals surface area contributed by atoms with Crippen LogP contribution in [0.3, 0.4) is 0 Å². The molecule has 0 aliphatic rings. The lowest BCUT2D eigenvalue weighted by Crippen LogP contribution is -2.43. The molecule has 1 heterocycles. The monoisotopic (exact) mass is 397 g/mol. The summed E-state index contributed by atoms with van der Waals surface area (Å²) >= 11 is 0. The van der Waals surface area contributed by atoms with Crippen LogP contribution < -0.4 is 10.2 Å². The van der Waals surface area contributed by atoms with Crippen molar-refractivity contribution < 1.29 is 33.0 Å². The minimum atomic E-state index is -3.31. The number of benzene rings is 1. The van der Waals surface area contributed by atoms with Crippen molar-refractivity contribution in [1.29, 1.82) is 0 Å². The van der Waals surface area contributed by atoms with Crippen LogP contribution in [0.5, 0.6) is 0 Å². The summed E-state index contributed by atoms with van der Waals surface area (Å²) in [6.45, 7) is -1.22. The Kier molecular flexibility index (Phi) is 6.94. The summed E-state index contributed by atoms with van der Waals surface area (Å²) in [5, 5.41) is 20.8. The Morgan fingerprint density at radius 1 is 1.14 bits per heavy atom. The van der Waals surface area contributed by atoms with Gasteiger partial charge in [-0.05, 0) is 23.3 Å². The van der Waals surface area contributed by atoms with Crippen LogP contribution in [0.1, 0.15) is 11.7 Å². The Morgan fingerprint density at radius 3 is 2.21 bits per heavy atom. The van der Waals surface area contributed by atoms with Gasteiger partial charge >= 0.3 is 12.5 Å². The van der Waals surface area contributed by atoms with Crippen LogP contribution in [0.15, 0.2) is 42.6 Å². The van der Waals surface area contributed by atoms with Gasteiger partial charge in [0.2, 0.25) is 0 Å².